The van der Waals surface area contributed by atoms with Crippen LogP contribution in [0.25, 0.3) is 0 Å². The lowest BCUT2D eigenvalue weighted by Crippen LogP contribution is -2.24. The van der Waals surface area contributed by atoms with Gasteiger partial charge in [0.05, 0.1) is 17.1 Å². The third-order valence-electron chi connectivity index (χ3n) is 2.24. The number of carbonyl (C=O) groups is 1. The van der Waals surface area contributed by atoms with Crippen molar-refractivity contribution in [2.75, 3.05) is 0 Å². The molecule has 0 saturated carbocycles. The van der Waals surface area contributed by atoms with Gasteiger partial charge in [0.2, 0.25) is 0 Å². The molecule has 2 aromatic rings. The summed E-state index contributed by atoms with van der Waals surface area (Å²) >= 11 is 5.77. The fraction of sp³-hybridized carbons (Fsp3) is 0.182. The Hall–Kier alpha value is -1.95. The number of halogens is 2. The molecule has 0 saturated heterocycles. The maximum Gasteiger partial charge on any atom is 0.256 e. The minimum Gasteiger partial charge on any atom is -0.345 e. The van der Waals surface area contributed by atoms with Crippen molar-refractivity contribution in [3.05, 3.63) is 46.3 Å². The molecule has 1 aromatic heterocycles. The molecule has 0 radical (unpaired) electrons. The molecule has 0 aliphatic rings. The van der Waals surface area contributed by atoms with E-state index in [-0.39, 0.29) is 17.1 Å². The highest BCUT2D eigenvalue weighted by molar-refractivity contribution is 6.33. The van der Waals surface area contributed by atoms with Crippen LogP contribution in [0.3, 0.4) is 0 Å². The number of H-pyrrole nitrogens is 1. The number of amides is 1. The number of aromatic amines is 1. The molecular formula is C11H10ClFN4O. The smallest absolute Gasteiger partial charge is 0.256 e. The zero-order valence-electron chi connectivity index (χ0n) is 9.50. The Morgan fingerprint density at radius 1 is 1.56 bits per heavy atom. The van der Waals surface area contributed by atoms with Gasteiger partial charge in [-0.2, -0.15) is 5.10 Å². The number of hydrogen-bond acceptors (Lipinski definition) is 3. The Morgan fingerprint density at radius 3 is 2.94 bits per heavy atom. The number of carbonyl (C=O) groups excluding carboxylic acids is 1. The van der Waals surface area contributed by atoms with Gasteiger partial charge in [-0.05, 0) is 19.1 Å². The summed E-state index contributed by atoms with van der Waals surface area (Å²) in [6.45, 7) is 1.85. The van der Waals surface area contributed by atoms with E-state index in [0.29, 0.717) is 11.6 Å². The van der Waals surface area contributed by atoms with Gasteiger partial charge in [-0.25, -0.2) is 9.37 Å². The van der Waals surface area contributed by atoms with E-state index < -0.39 is 11.7 Å². The molecule has 18 heavy (non-hydrogen) atoms. The van der Waals surface area contributed by atoms with E-state index in [9.17, 15) is 9.18 Å². The lowest BCUT2D eigenvalue weighted by molar-refractivity contribution is 0.0946. The van der Waals surface area contributed by atoms with Crippen LogP contribution in [-0.4, -0.2) is 21.1 Å². The van der Waals surface area contributed by atoms with Crippen molar-refractivity contribution >= 4 is 17.5 Å². The quantitative estimate of drug-likeness (QED) is 0.892. The first-order valence-electron chi connectivity index (χ1n) is 5.18. The van der Waals surface area contributed by atoms with Crippen molar-refractivity contribution in [2.24, 2.45) is 0 Å². The van der Waals surface area contributed by atoms with Gasteiger partial charge >= 0.3 is 0 Å². The number of rotatable bonds is 3. The van der Waals surface area contributed by atoms with E-state index in [0.717, 1.165) is 0 Å². The second kappa shape index (κ2) is 5.14. The Kier molecular flexibility index (Phi) is 3.57. The number of hydrogen-bond donors (Lipinski definition) is 2. The van der Waals surface area contributed by atoms with Crippen molar-refractivity contribution in [2.45, 2.75) is 13.5 Å². The molecule has 5 nitrogen and oxygen atoms in total. The summed E-state index contributed by atoms with van der Waals surface area (Å²) in [6.07, 6.45) is 0. The molecule has 0 fully saturated rings. The Bertz CT molecular complexity index is 564. The van der Waals surface area contributed by atoms with Crippen molar-refractivity contribution in [1.82, 2.24) is 20.5 Å². The molecule has 1 heterocycles. The molecule has 1 amide bonds. The van der Waals surface area contributed by atoms with Gasteiger partial charge in [0, 0.05) is 0 Å². The molecule has 2 N–H and O–H groups in total. The summed E-state index contributed by atoms with van der Waals surface area (Å²) in [5.41, 5.74) is -0.175. The molecule has 1 aromatic carbocycles. The number of aryl methyl sites for hydroxylation is 1. The van der Waals surface area contributed by atoms with Gasteiger partial charge < -0.3 is 5.32 Å². The van der Waals surface area contributed by atoms with Gasteiger partial charge in [0.15, 0.2) is 5.82 Å². The number of benzene rings is 1. The molecule has 2 rings (SSSR count). The highest BCUT2D eigenvalue weighted by atomic mass is 35.5. The largest absolute Gasteiger partial charge is 0.345 e. The van der Waals surface area contributed by atoms with E-state index in [1.165, 1.54) is 18.2 Å². The molecule has 7 heteroatoms. The molecule has 0 aliphatic carbocycles. The highest BCUT2D eigenvalue weighted by Gasteiger charge is 2.15. The maximum absolute atomic E-state index is 13.4. The van der Waals surface area contributed by atoms with Crippen molar-refractivity contribution in [3.8, 4) is 0 Å². The summed E-state index contributed by atoms with van der Waals surface area (Å²) in [5.74, 6) is -0.191. The van der Waals surface area contributed by atoms with Gasteiger partial charge in [0.25, 0.3) is 5.91 Å². The van der Waals surface area contributed by atoms with E-state index in [1.807, 2.05) is 0 Å². The zero-order chi connectivity index (χ0) is 13.1. The van der Waals surface area contributed by atoms with Crippen LogP contribution in [0.1, 0.15) is 22.0 Å². The van der Waals surface area contributed by atoms with E-state index in [4.69, 9.17) is 11.6 Å². The van der Waals surface area contributed by atoms with Crippen LogP contribution in [0.15, 0.2) is 18.2 Å². The highest BCUT2D eigenvalue weighted by Crippen LogP contribution is 2.18. The predicted octanol–water partition coefficient (Wildman–Crippen LogP) is 1.84. The summed E-state index contributed by atoms with van der Waals surface area (Å²) < 4.78 is 13.4. The fourth-order valence-electron chi connectivity index (χ4n) is 1.43. The Morgan fingerprint density at radius 2 is 2.33 bits per heavy atom. The first kappa shape index (κ1) is 12.5. The molecule has 94 valence electrons. The van der Waals surface area contributed by atoms with E-state index >= 15 is 0 Å². The van der Waals surface area contributed by atoms with Crippen LogP contribution in [-0.2, 0) is 6.54 Å². The summed E-state index contributed by atoms with van der Waals surface area (Å²) in [5, 5.41) is 9.06. The normalized spacial score (nSPS) is 10.4. The summed E-state index contributed by atoms with van der Waals surface area (Å²) in [4.78, 5) is 15.8. The summed E-state index contributed by atoms with van der Waals surface area (Å²) in [7, 11) is 0. The van der Waals surface area contributed by atoms with Crippen molar-refractivity contribution in [1.29, 1.82) is 0 Å². The standard InChI is InChI=1S/C11H10ClFN4O/c1-6-15-9(17-16-6)5-14-11(18)10-7(12)3-2-4-8(10)13/h2-4H,5H2,1H3,(H,14,18)(H,15,16,17). The molecule has 0 aliphatic heterocycles. The maximum atomic E-state index is 13.4. The Balaban J connectivity index is 2.08. The van der Waals surface area contributed by atoms with Gasteiger partial charge in [-0.15, -0.1) is 0 Å². The van der Waals surface area contributed by atoms with Crippen LogP contribution >= 0.6 is 11.6 Å². The van der Waals surface area contributed by atoms with E-state index in [2.05, 4.69) is 20.5 Å². The second-order valence-electron chi connectivity index (χ2n) is 3.62. The van der Waals surface area contributed by atoms with Gasteiger partial charge in [0.1, 0.15) is 11.6 Å². The second-order valence-corrected chi connectivity index (χ2v) is 4.02. The molecular weight excluding hydrogens is 259 g/mol. The van der Waals surface area contributed by atoms with Crippen LogP contribution < -0.4 is 5.32 Å². The minimum atomic E-state index is -0.661. The average molecular weight is 269 g/mol. The van der Waals surface area contributed by atoms with Crippen LogP contribution in [0.5, 0.6) is 0 Å². The third kappa shape index (κ3) is 2.65. The van der Waals surface area contributed by atoms with Crippen LogP contribution in [0.2, 0.25) is 5.02 Å². The molecule has 0 bridgehead atoms. The topological polar surface area (TPSA) is 70.7 Å². The van der Waals surface area contributed by atoms with Crippen LogP contribution in [0, 0.1) is 12.7 Å². The molecule has 0 atom stereocenters. The first-order chi connectivity index (χ1) is 8.58. The SMILES string of the molecule is Cc1nc(CNC(=O)c2c(F)cccc2Cl)n[nH]1. The number of nitrogens with zero attached hydrogens (tertiary/aromatic N) is 2. The number of nitrogens with one attached hydrogen (secondary N) is 2. The van der Waals surface area contributed by atoms with Gasteiger partial charge in [-0.3, -0.25) is 9.89 Å². The number of aromatic nitrogens is 3. The van der Waals surface area contributed by atoms with E-state index in [1.54, 1.807) is 6.92 Å². The van der Waals surface area contributed by atoms with Crippen molar-refractivity contribution in [3.63, 3.8) is 0 Å². The fourth-order valence-corrected chi connectivity index (χ4v) is 1.68. The van der Waals surface area contributed by atoms with Crippen LogP contribution in [0.4, 0.5) is 4.39 Å². The molecule has 0 unspecified atom stereocenters. The summed E-state index contributed by atoms with van der Waals surface area (Å²) in [6, 6.07) is 4.07. The monoisotopic (exact) mass is 268 g/mol. The minimum absolute atomic E-state index is 0.0682. The molecule has 0 spiro atoms. The average Bonchev–Trinajstić information content (AvgIpc) is 2.72. The Labute approximate surface area is 107 Å². The lowest BCUT2D eigenvalue weighted by atomic mass is 10.2. The zero-order valence-corrected chi connectivity index (χ0v) is 10.3. The lowest BCUT2D eigenvalue weighted by Gasteiger charge is -2.05. The third-order valence-corrected chi connectivity index (χ3v) is 2.56. The first-order valence-corrected chi connectivity index (χ1v) is 5.56. The predicted molar refractivity (Wildman–Crippen MR) is 63.7 cm³/mol. The van der Waals surface area contributed by atoms with Gasteiger partial charge in [-0.1, -0.05) is 17.7 Å². The van der Waals surface area contributed by atoms with Crippen molar-refractivity contribution < 1.29 is 9.18 Å².